The standard InChI is InChI=1S/C14H18FNO2/c1-2-12-8-14(15,10-16-12)13(17)18-9-11-6-4-3-5-7-11/h3-7,12,16H,2,8-10H2,1H3. The summed E-state index contributed by atoms with van der Waals surface area (Å²) in [6.45, 7) is 2.15. The first-order valence-electron chi connectivity index (χ1n) is 6.27. The molecule has 98 valence electrons. The monoisotopic (exact) mass is 251 g/mol. The molecule has 2 rings (SSSR count). The largest absolute Gasteiger partial charge is 0.458 e. The van der Waals surface area contributed by atoms with E-state index in [0.717, 1.165) is 12.0 Å². The van der Waals surface area contributed by atoms with E-state index in [0.29, 0.717) is 0 Å². The Balaban J connectivity index is 1.89. The van der Waals surface area contributed by atoms with Crippen LogP contribution in [0.15, 0.2) is 30.3 Å². The summed E-state index contributed by atoms with van der Waals surface area (Å²) in [4.78, 5) is 11.8. The number of carbonyl (C=O) groups excluding carboxylic acids is 1. The molecule has 0 bridgehead atoms. The summed E-state index contributed by atoms with van der Waals surface area (Å²) in [6, 6.07) is 9.37. The summed E-state index contributed by atoms with van der Waals surface area (Å²) in [5, 5.41) is 3.00. The molecular weight excluding hydrogens is 233 g/mol. The van der Waals surface area contributed by atoms with Crippen molar-refractivity contribution in [3.8, 4) is 0 Å². The van der Waals surface area contributed by atoms with Gasteiger partial charge in [0.25, 0.3) is 0 Å². The molecule has 1 aromatic rings. The SMILES string of the molecule is CCC1CC(F)(C(=O)OCc2ccccc2)CN1. The van der Waals surface area contributed by atoms with Crippen molar-refractivity contribution in [1.82, 2.24) is 5.32 Å². The van der Waals surface area contributed by atoms with E-state index < -0.39 is 11.6 Å². The molecule has 0 saturated carbocycles. The molecule has 2 unspecified atom stereocenters. The van der Waals surface area contributed by atoms with Gasteiger partial charge in [0.05, 0.1) is 0 Å². The molecule has 1 aromatic carbocycles. The van der Waals surface area contributed by atoms with E-state index in [1.165, 1.54) is 0 Å². The van der Waals surface area contributed by atoms with E-state index in [1.807, 2.05) is 37.3 Å². The molecule has 0 spiro atoms. The maximum Gasteiger partial charge on any atom is 0.345 e. The van der Waals surface area contributed by atoms with Gasteiger partial charge in [0.15, 0.2) is 0 Å². The van der Waals surface area contributed by atoms with E-state index in [2.05, 4.69) is 5.32 Å². The minimum atomic E-state index is -1.87. The minimum absolute atomic E-state index is 0.0547. The van der Waals surface area contributed by atoms with Gasteiger partial charge in [-0.2, -0.15) is 0 Å². The zero-order valence-corrected chi connectivity index (χ0v) is 10.5. The normalized spacial score (nSPS) is 27.1. The summed E-state index contributed by atoms with van der Waals surface area (Å²) in [6.07, 6.45) is 1.02. The van der Waals surface area contributed by atoms with Crippen molar-refractivity contribution in [2.45, 2.75) is 38.1 Å². The van der Waals surface area contributed by atoms with Crippen LogP contribution in [0.5, 0.6) is 0 Å². The number of ether oxygens (including phenoxy) is 1. The molecule has 4 heteroatoms. The van der Waals surface area contributed by atoms with Crippen molar-refractivity contribution < 1.29 is 13.9 Å². The Morgan fingerprint density at radius 1 is 1.50 bits per heavy atom. The number of hydrogen-bond donors (Lipinski definition) is 1. The molecule has 0 radical (unpaired) electrons. The fourth-order valence-corrected chi connectivity index (χ4v) is 2.14. The molecule has 1 heterocycles. The number of esters is 1. The third-order valence-corrected chi connectivity index (χ3v) is 3.31. The Morgan fingerprint density at radius 2 is 2.22 bits per heavy atom. The Bertz CT molecular complexity index is 410. The van der Waals surface area contributed by atoms with Crippen molar-refractivity contribution in [3.05, 3.63) is 35.9 Å². The molecule has 1 fully saturated rings. The summed E-state index contributed by atoms with van der Waals surface area (Å²) < 4.78 is 19.4. The van der Waals surface area contributed by atoms with Gasteiger partial charge in [-0.1, -0.05) is 37.3 Å². The lowest BCUT2D eigenvalue weighted by atomic mass is 10.0. The molecule has 0 aliphatic carbocycles. The summed E-state index contributed by atoms with van der Waals surface area (Å²) in [5.41, 5.74) is -0.998. The summed E-state index contributed by atoms with van der Waals surface area (Å²) in [7, 11) is 0. The van der Waals surface area contributed by atoms with Crippen molar-refractivity contribution in [2.24, 2.45) is 0 Å². The number of rotatable bonds is 4. The first-order chi connectivity index (χ1) is 8.64. The van der Waals surface area contributed by atoms with Crippen LogP contribution in [0.1, 0.15) is 25.3 Å². The van der Waals surface area contributed by atoms with Gasteiger partial charge in [0, 0.05) is 19.0 Å². The molecular formula is C14H18FNO2. The number of nitrogens with one attached hydrogen (secondary N) is 1. The van der Waals surface area contributed by atoms with Crippen molar-refractivity contribution >= 4 is 5.97 Å². The maximum atomic E-state index is 14.3. The van der Waals surface area contributed by atoms with Gasteiger partial charge in [0.2, 0.25) is 5.67 Å². The van der Waals surface area contributed by atoms with Crippen LogP contribution in [0.4, 0.5) is 4.39 Å². The fraction of sp³-hybridized carbons (Fsp3) is 0.500. The van der Waals surface area contributed by atoms with Crippen LogP contribution >= 0.6 is 0 Å². The third-order valence-electron chi connectivity index (χ3n) is 3.31. The van der Waals surface area contributed by atoms with Gasteiger partial charge < -0.3 is 10.1 Å². The summed E-state index contributed by atoms with van der Waals surface area (Å²) >= 11 is 0. The molecule has 3 nitrogen and oxygen atoms in total. The van der Waals surface area contributed by atoms with Crippen LogP contribution in [0.2, 0.25) is 0 Å². The number of alkyl halides is 1. The van der Waals surface area contributed by atoms with E-state index in [-0.39, 0.29) is 25.6 Å². The Kier molecular flexibility index (Phi) is 3.97. The highest BCUT2D eigenvalue weighted by molar-refractivity contribution is 5.80. The number of hydrogen-bond acceptors (Lipinski definition) is 3. The zero-order chi connectivity index (χ0) is 13.0. The topological polar surface area (TPSA) is 38.3 Å². The van der Waals surface area contributed by atoms with Crippen LogP contribution in [0.3, 0.4) is 0 Å². The molecule has 1 aliphatic rings. The van der Waals surface area contributed by atoms with E-state index in [1.54, 1.807) is 0 Å². The van der Waals surface area contributed by atoms with Crippen molar-refractivity contribution in [1.29, 1.82) is 0 Å². The number of carbonyl (C=O) groups is 1. The van der Waals surface area contributed by atoms with Gasteiger partial charge in [-0.05, 0) is 12.0 Å². The third kappa shape index (κ3) is 2.88. The molecule has 18 heavy (non-hydrogen) atoms. The molecule has 2 atom stereocenters. The molecule has 0 aromatic heterocycles. The highest BCUT2D eigenvalue weighted by Gasteiger charge is 2.46. The second kappa shape index (κ2) is 5.48. The highest BCUT2D eigenvalue weighted by Crippen LogP contribution is 2.27. The van der Waals surface area contributed by atoms with Crippen LogP contribution in [0.25, 0.3) is 0 Å². The van der Waals surface area contributed by atoms with Crippen LogP contribution in [-0.4, -0.2) is 24.2 Å². The van der Waals surface area contributed by atoms with Crippen molar-refractivity contribution in [3.63, 3.8) is 0 Å². The first-order valence-corrected chi connectivity index (χ1v) is 6.27. The number of halogens is 1. The van der Waals surface area contributed by atoms with Gasteiger partial charge in [-0.25, -0.2) is 9.18 Å². The average molecular weight is 251 g/mol. The van der Waals surface area contributed by atoms with Crippen LogP contribution in [0, 0.1) is 0 Å². The van der Waals surface area contributed by atoms with Gasteiger partial charge in [0.1, 0.15) is 6.61 Å². The van der Waals surface area contributed by atoms with E-state index >= 15 is 0 Å². The highest BCUT2D eigenvalue weighted by atomic mass is 19.1. The van der Waals surface area contributed by atoms with E-state index in [9.17, 15) is 9.18 Å². The van der Waals surface area contributed by atoms with Gasteiger partial charge in [-0.3, -0.25) is 0 Å². The second-order valence-electron chi connectivity index (χ2n) is 4.72. The quantitative estimate of drug-likeness (QED) is 0.834. The van der Waals surface area contributed by atoms with E-state index in [4.69, 9.17) is 4.74 Å². The first kappa shape index (κ1) is 13.0. The smallest absolute Gasteiger partial charge is 0.345 e. The Labute approximate surface area is 106 Å². The minimum Gasteiger partial charge on any atom is -0.458 e. The van der Waals surface area contributed by atoms with Gasteiger partial charge in [-0.15, -0.1) is 0 Å². The zero-order valence-electron chi connectivity index (χ0n) is 10.5. The summed E-state index contributed by atoms with van der Waals surface area (Å²) in [5.74, 6) is -0.755. The molecule has 1 saturated heterocycles. The lowest BCUT2D eigenvalue weighted by Gasteiger charge is -2.17. The van der Waals surface area contributed by atoms with Crippen molar-refractivity contribution in [2.75, 3.05) is 6.54 Å². The average Bonchev–Trinajstić information content (AvgIpc) is 2.80. The molecule has 1 aliphatic heterocycles. The lowest BCUT2D eigenvalue weighted by Crippen LogP contribution is -2.37. The lowest BCUT2D eigenvalue weighted by molar-refractivity contribution is -0.158. The number of benzene rings is 1. The second-order valence-corrected chi connectivity index (χ2v) is 4.72. The van der Waals surface area contributed by atoms with Crippen LogP contribution < -0.4 is 5.32 Å². The van der Waals surface area contributed by atoms with Crippen LogP contribution in [-0.2, 0) is 16.1 Å². The van der Waals surface area contributed by atoms with Gasteiger partial charge >= 0.3 is 5.97 Å². The fourth-order valence-electron chi connectivity index (χ4n) is 2.14. The predicted molar refractivity (Wildman–Crippen MR) is 66.8 cm³/mol. The molecule has 0 amide bonds. The Morgan fingerprint density at radius 3 is 2.83 bits per heavy atom. The molecule has 1 N–H and O–H groups in total. The predicted octanol–water partition coefficient (Wildman–Crippen LogP) is 2.21. The Hall–Kier alpha value is -1.42. The maximum absolute atomic E-state index is 14.3.